The number of amidine groups is 1. The zero-order chi connectivity index (χ0) is 13.1. The number of nitrogen functional groups attached to an aromatic ring is 1. The van der Waals surface area contributed by atoms with Gasteiger partial charge in [0.15, 0.2) is 0 Å². The van der Waals surface area contributed by atoms with E-state index < -0.39 is 0 Å². The first-order valence-electron chi connectivity index (χ1n) is 5.32. The van der Waals surface area contributed by atoms with E-state index in [9.17, 15) is 0 Å². The summed E-state index contributed by atoms with van der Waals surface area (Å²) < 4.78 is 0.938. The molecule has 3 nitrogen and oxygen atoms in total. The molecule has 0 aliphatic carbocycles. The van der Waals surface area contributed by atoms with E-state index in [0.29, 0.717) is 0 Å². The van der Waals surface area contributed by atoms with Crippen molar-refractivity contribution in [2.75, 3.05) is 0 Å². The maximum Gasteiger partial charge on any atom is 0.123 e. The van der Waals surface area contributed by atoms with Crippen LogP contribution < -0.4 is 5.73 Å². The van der Waals surface area contributed by atoms with Crippen LogP contribution in [-0.4, -0.2) is 10.8 Å². The number of nitrogens with zero attached hydrogens (tertiary/aromatic N) is 1. The van der Waals surface area contributed by atoms with Gasteiger partial charge >= 0.3 is 0 Å². The molecule has 0 atom stereocenters. The summed E-state index contributed by atoms with van der Waals surface area (Å²) in [6, 6.07) is 9.59. The fourth-order valence-corrected chi connectivity index (χ4v) is 3.03. The molecule has 0 bridgehead atoms. The summed E-state index contributed by atoms with van der Waals surface area (Å²) in [6.07, 6.45) is 1.75. The zero-order valence-corrected chi connectivity index (χ0v) is 12.2. The van der Waals surface area contributed by atoms with Gasteiger partial charge in [-0.3, -0.25) is 5.41 Å². The highest BCUT2D eigenvalue weighted by atomic mass is 79.9. The molecule has 3 N–H and O–H groups in total. The van der Waals surface area contributed by atoms with Gasteiger partial charge in [-0.05, 0) is 40.5 Å². The number of halogens is 1. The molecule has 0 saturated heterocycles. The van der Waals surface area contributed by atoms with Crippen molar-refractivity contribution in [1.29, 1.82) is 5.41 Å². The Morgan fingerprint density at radius 1 is 1.33 bits per heavy atom. The Morgan fingerprint density at radius 3 is 2.78 bits per heavy atom. The van der Waals surface area contributed by atoms with Crippen molar-refractivity contribution in [3.63, 3.8) is 0 Å². The zero-order valence-electron chi connectivity index (χ0n) is 9.77. The minimum Gasteiger partial charge on any atom is -0.384 e. The number of aryl methyl sites for hydroxylation is 1. The van der Waals surface area contributed by atoms with Gasteiger partial charge in [-0.2, -0.15) is 0 Å². The molecule has 92 valence electrons. The third-order valence-corrected chi connectivity index (χ3v) is 4.59. The minimum atomic E-state index is 0.0771. The summed E-state index contributed by atoms with van der Waals surface area (Å²) in [4.78, 5) is 5.30. The second kappa shape index (κ2) is 5.54. The van der Waals surface area contributed by atoms with Gasteiger partial charge in [0.2, 0.25) is 0 Å². The predicted molar refractivity (Wildman–Crippen MR) is 78.3 cm³/mol. The molecule has 0 spiro atoms. The normalized spacial score (nSPS) is 10.3. The molecule has 2 rings (SSSR count). The van der Waals surface area contributed by atoms with Gasteiger partial charge < -0.3 is 5.73 Å². The van der Waals surface area contributed by atoms with Gasteiger partial charge in [0, 0.05) is 16.7 Å². The lowest BCUT2D eigenvalue weighted by molar-refractivity contribution is 1.10. The molecule has 18 heavy (non-hydrogen) atoms. The third-order valence-electron chi connectivity index (χ3n) is 2.43. The van der Waals surface area contributed by atoms with Crippen LogP contribution in [0.3, 0.4) is 0 Å². The summed E-state index contributed by atoms with van der Waals surface area (Å²) in [7, 11) is 0. The third kappa shape index (κ3) is 2.73. The van der Waals surface area contributed by atoms with Crippen molar-refractivity contribution in [2.45, 2.75) is 16.8 Å². The Kier molecular flexibility index (Phi) is 4.04. The van der Waals surface area contributed by atoms with Crippen LogP contribution in [0.25, 0.3) is 0 Å². The standard InChI is InChI=1S/C13H12BrN3S/c1-8-4-2-5-9(12(15)16)11(8)18-13-10(14)6-3-7-17-13/h2-7H,1H3,(H3,15,16). The number of hydrogen-bond acceptors (Lipinski definition) is 3. The topological polar surface area (TPSA) is 62.8 Å². The van der Waals surface area contributed by atoms with Crippen LogP contribution in [0.15, 0.2) is 50.9 Å². The lowest BCUT2D eigenvalue weighted by Crippen LogP contribution is -2.12. The van der Waals surface area contributed by atoms with Gasteiger partial charge in [0.25, 0.3) is 0 Å². The molecule has 5 heteroatoms. The van der Waals surface area contributed by atoms with Crippen LogP contribution in [0.4, 0.5) is 0 Å². The molecule has 0 saturated carbocycles. The van der Waals surface area contributed by atoms with Crippen LogP contribution in [0.5, 0.6) is 0 Å². The van der Waals surface area contributed by atoms with Crippen molar-refractivity contribution < 1.29 is 0 Å². The molecule has 0 fully saturated rings. The SMILES string of the molecule is Cc1cccc(C(=N)N)c1Sc1ncccc1Br. The first-order valence-corrected chi connectivity index (χ1v) is 6.93. The van der Waals surface area contributed by atoms with Crippen molar-refractivity contribution >= 4 is 33.5 Å². The number of pyridine rings is 1. The van der Waals surface area contributed by atoms with Crippen molar-refractivity contribution in [2.24, 2.45) is 5.73 Å². The fraction of sp³-hybridized carbons (Fsp3) is 0.0769. The molecule has 2 aromatic rings. The van der Waals surface area contributed by atoms with E-state index in [4.69, 9.17) is 11.1 Å². The Hall–Kier alpha value is -1.33. The minimum absolute atomic E-state index is 0.0771. The van der Waals surface area contributed by atoms with Gasteiger partial charge in [-0.15, -0.1) is 0 Å². The number of aromatic nitrogens is 1. The molecule has 0 unspecified atom stereocenters. The van der Waals surface area contributed by atoms with E-state index in [2.05, 4.69) is 20.9 Å². The number of nitrogens with two attached hydrogens (primary N) is 1. The van der Waals surface area contributed by atoms with Gasteiger partial charge in [-0.1, -0.05) is 30.0 Å². The van der Waals surface area contributed by atoms with Gasteiger partial charge in [0.05, 0.1) is 4.47 Å². The second-order valence-electron chi connectivity index (χ2n) is 3.76. The molecule has 0 aliphatic rings. The second-order valence-corrected chi connectivity index (χ2v) is 5.61. The van der Waals surface area contributed by atoms with E-state index in [-0.39, 0.29) is 5.84 Å². The van der Waals surface area contributed by atoms with Crippen LogP contribution >= 0.6 is 27.7 Å². The molecule has 0 amide bonds. The summed E-state index contributed by atoms with van der Waals surface area (Å²) in [5.74, 6) is 0.0771. The predicted octanol–water partition coefficient (Wildman–Crippen LogP) is 3.59. The average molecular weight is 322 g/mol. The lowest BCUT2D eigenvalue weighted by Gasteiger charge is -2.11. The summed E-state index contributed by atoms with van der Waals surface area (Å²) >= 11 is 4.99. The van der Waals surface area contributed by atoms with Crippen LogP contribution in [-0.2, 0) is 0 Å². The molecule has 1 aromatic carbocycles. The molecular formula is C13H12BrN3S. The van der Waals surface area contributed by atoms with Crippen molar-refractivity contribution in [1.82, 2.24) is 4.98 Å². The first-order chi connectivity index (χ1) is 8.59. The van der Waals surface area contributed by atoms with Crippen molar-refractivity contribution in [3.05, 3.63) is 52.1 Å². The lowest BCUT2D eigenvalue weighted by atomic mass is 10.1. The van der Waals surface area contributed by atoms with E-state index in [1.54, 1.807) is 6.20 Å². The monoisotopic (exact) mass is 321 g/mol. The number of benzene rings is 1. The highest BCUT2D eigenvalue weighted by molar-refractivity contribution is 9.10. The van der Waals surface area contributed by atoms with E-state index in [1.165, 1.54) is 11.8 Å². The number of hydrogen-bond donors (Lipinski definition) is 2. The Labute approximate surface area is 118 Å². The molecule has 0 aliphatic heterocycles. The van der Waals surface area contributed by atoms with Gasteiger partial charge in [-0.25, -0.2) is 4.98 Å². The Bertz CT molecular complexity index is 599. The van der Waals surface area contributed by atoms with E-state index in [0.717, 1.165) is 25.5 Å². The number of rotatable bonds is 3. The van der Waals surface area contributed by atoms with Crippen LogP contribution in [0.2, 0.25) is 0 Å². The molecule has 1 heterocycles. The van der Waals surface area contributed by atoms with Crippen LogP contribution in [0.1, 0.15) is 11.1 Å². The highest BCUT2D eigenvalue weighted by Gasteiger charge is 2.11. The maximum absolute atomic E-state index is 7.62. The quantitative estimate of drug-likeness (QED) is 0.670. The average Bonchev–Trinajstić information content (AvgIpc) is 2.34. The number of nitrogens with one attached hydrogen (secondary N) is 1. The Morgan fingerprint density at radius 2 is 2.11 bits per heavy atom. The largest absolute Gasteiger partial charge is 0.384 e. The summed E-state index contributed by atoms with van der Waals surface area (Å²) in [5, 5.41) is 8.49. The highest BCUT2D eigenvalue weighted by Crippen LogP contribution is 2.35. The summed E-state index contributed by atoms with van der Waals surface area (Å²) in [5.41, 5.74) is 7.45. The smallest absolute Gasteiger partial charge is 0.123 e. The first kappa shape index (κ1) is 13.1. The molecular weight excluding hydrogens is 310 g/mol. The maximum atomic E-state index is 7.62. The van der Waals surface area contributed by atoms with Gasteiger partial charge in [0.1, 0.15) is 10.9 Å². The van der Waals surface area contributed by atoms with Crippen molar-refractivity contribution in [3.8, 4) is 0 Å². The summed E-state index contributed by atoms with van der Waals surface area (Å²) in [6.45, 7) is 2.01. The fourth-order valence-electron chi connectivity index (χ4n) is 1.54. The van der Waals surface area contributed by atoms with E-state index >= 15 is 0 Å². The molecule has 1 aromatic heterocycles. The molecule has 0 radical (unpaired) electrons. The van der Waals surface area contributed by atoms with E-state index in [1.807, 2.05) is 37.3 Å². The van der Waals surface area contributed by atoms with Crippen LogP contribution in [0, 0.1) is 12.3 Å². The Balaban J connectivity index is 2.46.